The standard InChI is InChI=1S/C12H15ClO3S/c1-2-16-12(14)7-8-17(15)9-10-3-5-11(13)6-4-10/h3-6H,2,7-9H2,1H3. The van der Waals surface area contributed by atoms with Crippen molar-refractivity contribution in [3.8, 4) is 0 Å². The number of hydrogen-bond donors (Lipinski definition) is 0. The summed E-state index contributed by atoms with van der Waals surface area (Å²) in [6, 6.07) is 7.20. The maximum atomic E-state index is 11.7. The Bertz CT molecular complexity index is 389. The van der Waals surface area contributed by atoms with Gasteiger partial charge in [0.15, 0.2) is 0 Å². The number of halogens is 1. The van der Waals surface area contributed by atoms with Gasteiger partial charge in [-0.25, -0.2) is 0 Å². The molecule has 0 aliphatic rings. The molecule has 0 spiro atoms. The molecule has 0 aromatic heterocycles. The summed E-state index contributed by atoms with van der Waals surface area (Å²) in [5, 5.41) is 0.658. The lowest BCUT2D eigenvalue weighted by atomic mass is 10.2. The fraction of sp³-hybridized carbons (Fsp3) is 0.417. The van der Waals surface area contributed by atoms with Crippen LogP contribution in [0.4, 0.5) is 0 Å². The highest BCUT2D eigenvalue weighted by Crippen LogP contribution is 2.11. The fourth-order valence-electron chi connectivity index (χ4n) is 1.27. The molecule has 0 saturated heterocycles. The number of carbonyl (C=O) groups excluding carboxylic acids is 1. The average Bonchev–Trinajstić information content (AvgIpc) is 2.30. The van der Waals surface area contributed by atoms with E-state index < -0.39 is 10.8 Å². The molecule has 0 N–H and O–H groups in total. The molecule has 0 amide bonds. The van der Waals surface area contributed by atoms with Gasteiger partial charge < -0.3 is 4.74 Å². The minimum absolute atomic E-state index is 0.202. The van der Waals surface area contributed by atoms with E-state index in [9.17, 15) is 9.00 Å². The summed E-state index contributed by atoms with van der Waals surface area (Å²) in [6.45, 7) is 2.12. The Hall–Kier alpha value is -0.870. The molecule has 17 heavy (non-hydrogen) atoms. The molecule has 0 aliphatic carbocycles. The predicted molar refractivity (Wildman–Crippen MR) is 69.4 cm³/mol. The smallest absolute Gasteiger partial charge is 0.306 e. The van der Waals surface area contributed by atoms with Crippen LogP contribution in [-0.2, 0) is 26.1 Å². The quantitative estimate of drug-likeness (QED) is 0.749. The Morgan fingerprint density at radius 2 is 2.00 bits per heavy atom. The molecule has 0 bridgehead atoms. The average molecular weight is 275 g/mol. The molecule has 1 aromatic rings. The van der Waals surface area contributed by atoms with Crippen LogP contribution in [0.15, 0.2) is 24.3 Å². The van der Waals surface area contributed by atoms with E-state index in [4.69, 9.17) is 16.3 Å². The lowest BCUT2D eigenvalue weighted by molar-refractivity contribution is -0.142. The second kappa shape index (κ2) is 7.45. The number of carbonyl (C=O) groups is 1. The van der Waals surface area contributed by atoms with E-state index in [-0.39, 0.29) is 12.4 Å². The summed E-state index contributed by atoms with van der Waals surface area (Å²) in [4.78, 5) is 11.1. The number of esters is 1. The molecule has 1 rings (SSSR count). The molecule has 1 aromatic carbocycles. The summed E-state index contributed by atoms with van der Waals surface area (Å²) in [5.74, 6) is 0.481. The van der Waals surface area contributed by atoms with Crippen LogP contribution in [0.1, 0.15) is 18.9 Å². The molecule has 0 aliphatic heterocycles. The van der Waals surface area contributed by atoms with Crippen LogP contribution in [0.5, 0.6) is 0 Å². The van der Waals surface area contributed by atoms with E-state index in [2.05, 4.69) is 0 Å². The molecule has 0 fully saturated rings. The maximum Gasteiger partial charge on any atom is 0.306 e. The van der Waals surface area contributed by atoms with Gasteiger partial charge in [0, 0.05) is 27.3 Å². The number of hydrogen-bond acceptors (Lipinski definition) is 3. The third-order valence-electron chi connectivity index (χ3n) is 2.08. The molecular formula is C12H15ClO3S. The highest BCUT2D eigenvalue weighted by molar-refractivity contribution is 7.84. The zero-order valence-electron chi connectivity index (χ0n) is 9.65. The van der Waals surface area contributed by atoms with Gasteiger partial charge in [-0.15, -0.1) is 0 Å². The monoisotopic (exact) mass is 274 g/mol. The van der Waals surface area contributed by atoms with Crippen molar-refractivity contribution in [2.24, 2.45) is 0 Å². The molecule has 1 atom stereocenters. The largest absolute Gasteiger partial charge is 0.466 e. The Morgan fingerprint density at radius 3 is 2.59 bits per heavy atom. The minimum atomic E-state index is -1.05. The van der Waals surface area contributed by atoms with Gasteiger partial charge in [0.2, 0.25) is 0 Å². The first kappa shape index (κ1) is 14.2. The first-order chi connectivity index (χ1) is 8.11. The van der Waals surface area contributed by atoms with Gasteiger partial charge in [0.25, 0.3) is 0 Å². The lowest BCUT2D eigenvalue weighted by Gasteiger charge is -2.03. The van der Waals surface area contributed by atoms with Gasteiger partial charge in [-0.2, -0.15) is 0 Å². The Balaban J connectivity index is 2.34. The second-order valence-corrected chi connectivity index (χ2v) is 5.48. The Kier molecular flexibility index (Phi) is 6.22. The molecule has 3 nitrogen and oxygen atoms in total. The van der Waals surface area contributed by atoms with E-state index in [0.717, 1.165) is 5.56 Å². The summed E-state index contributed by atoms with van der Waals surface area (Å²) >= 11 is 5.75. The van der Waals surface area contributed by atoms with Crippen LogP contribution in [0, 0.1) is 0 Å². The number of benzene rings is 1. The van der Waals surface area contributed by atoms with Crippen molar-refractivity contribution in [3.05, 3.63) is 34.9 Å². The van der Waals surface area contributed by atoms with Crippen LogP contribution in [0.3, 0.4) is 0 Å². The van der Waals surface area contributed by atoms with Crippen LogP contribution < -0.4 is 0 Å². The van der Waals surface area contributed by atoms with E-state index >= 15 is 0 Å². The van der Waals surface area contributed by atoms with Crippen molar-refractivity contribution in [3.63, 3.8) is 0 Å². The molecule has 94 valence electrons. The first-order valence-corrected chi connectivity index (χ1v) is 7.23. The van der Waals surface area contributed by atoms with Gasteiger partial charge in [0.05, 0.1) is 13.0 Å². The van der Waals surface area contributed by atoms with E-state index in [1.807, 2.05) is 12.1 Å². The zero-order chi connectivity index (χ0) is 12.7. The van der Waals surface area contributed by atoms with E-state index in [0.29, 0.717) is 23.1 Å². The van der Waals surface area contributed by atoms with Gasteiger partial charge in [-0.1, -0.05) is 23.7 Å². The Morgan fingerprint density at radius 1 is 1.35 bits per heavy atom. The second-order valence-electron chi connectivity index (χ2n) is 3.47. The summed E-state index contributed by atoms with van der Waals surface area (Å²) in [7, 11) is -1.05. The lowest BCUT2D eigenvalue weighted by Crippen LogP contribution is -2.10. The molecule has 0 radical (unpaired) electrons. The van der Waals surface area contributed by atoms with Crippen LogP contribution in [-0.4, -0.2) is 22.5 Å². The minimum Gasteiger partial charge on any atom is -0.466 e. The van der Waals surface area contributed by atoms with Gasteiger partial charge in [-0.3, -0.25) is 9.00 Å². The van der Waals surface area contributed by atoms with Crippen molar-refractivity contribution in [1.29, 1.82) is 0 Å². The molecule has 0 heterocycles. The fourth-order valence-corrected chi connectivity index (χ4v) is 2.50. The van der Waals surface area contributed by atoms with E-state index in [1.54, 1.807) is 19.1 Å². The van der Waals surface area contributed by atoms with E-state index in [1.165, 1.54) is 0 Å². The zero-order valence-corrected chi connectivity index (χ0v) is 11.2. The molecule has 5 heteroatoms. The van der Waals surface area contributed by atoms with Crippen LogP contribution >= 0.6 is 11.6 Å². The van der Waals surface area contributed by atoms with Crippen molar-refractivity contribution < 1.29 is 13.7 Å². The molecular weight excluding hydrogens is 260 g/mol. The summed E-state index contributed by atoms with van der Waals surface area (Å²) < 4.78 is 16.4. The highest BCUT2D eigenvalue weighted by Gasteiger charge is 2.07. The SMILES string of the molecule is CCOC(=O)CCS(=O)Cc1ccc(Cl)cc1. The van der Waals surface area contributed by atoms with Gasteiger partial charge in [0.1, 0.15) is 0 Å². The van der Waals surface area contributed by atoms with Crippen molar-refractivity contribution in [1.82, 2.24) is 0 Å². The van der Waals surface area contributed by atoms with Crippen LogP contribution in [0.25, 0.3) is 0 Å². The first-order valence-electron chi connectivity index (χ1n) is 5.37. The third-order valence-corrected chi connectivity index (χ3v) is 3.65. The van der Waals surface area contributed by atoms with Gasteiger partial charge >= 0.3 is 5.97 Å². The number of rotatable bonds is 6. The summed E-state index contributed by atoms with van der Waals surface area (Å²) in [5.41, 5.74) is 0.955. The normalized spacial score (nSPS) is 12.1. The maximum absolute atomic E-state index is 11.7. The summed E-state index contributed by atoms with van der Waals surface area (Å²) in [6.07, 6.45) is 0.202. The van der Waals surface area contributed by atoms with Crippen LogP contribution in [0.2, 0.25) is 5.02 Å². The third kappa shape index (κ3) is 5.84. The van der Waals surface area contributed by atoms with Gasteiger partial charge in [-0.05, 0) is 24.6 Å². The highest BCUT2D eigenvalue weighted by atomic mass is 35.5. The van der Waals surface area contributed by atoms with Crippen molar-refractivity contribution in [2.75, 3.05) is 12.4 Å². The number of ether oxygens (including phenoxy) is 1. The van der Waals surface area contributed by atoms with Crippen molar-refractivity contribution >= 4 is 28.4 Å². The molecule has 0 saturated carbocycles. The Labute approximate surface area is 109 Å². The van der Waals surface area contributed by atoms with Crippen molar-refractivity contribution in [2.45, 2.75) is 19.1 Å². The topological polar surface area (TPSA) is 43.4 Å². The molecule has 1 unspecified atom stereocenters. The predicted octanol–water partition coefficient (Wildman–Crippen LogP) is 2.54.